The van der Waals surface area contributed by atoms with Crippen LogP contribution in [0, 0.1) is 0 Å². The number of para-hydroxylation sites is 2. The van der Waals surface area contributed by atoms with Gasteiger partial charge in [0.25, 0.3) is 0 Å². The number of fused-ring (bicyclic) bond motifs is 6. The molecule has 0 amide bonds. The molecule has 2 heteroatoms. The number of nitrogens with zero attached hydrogens (tertiary/aromatic N) is 1. The number of hydrogen-bond donors (Lipinski definition) is 0. The Labute approximate surface area is 337 Å². The zero-order chi connectivity index (χ0) is 38.4. The quantitative estimate of drug-likeness (QED) is 0.151. The second kappa shape index (κ2) is 14.1. The van der Waals surface area contributed by atoms with Gasteiger partial charge in [0.05, 0.1) is 16.8 Å². The Balaban J connectivity index is 1.10. The summed E-state index contributed by atoms with van der Waals surface area (Å²) in [5.74, 6) is 0. The first-order valence-electron chi connectivity index (χ1n) is 19.8. The average molecular weight is 740 g/mol. The molecule has 11 rings (SSSR count). The molecule has 58 heavy (non-hydrogen) atoms. The lowest BCUT2D eigenvalue weighted by molar-refractivity contribution is 0.669. The number of furan rings is 1. The van der Waals surface area contributed by atoms with Crippen LogP contribution in [0.2, 0.25) is 0 Å². The van der Waals surface area contributed by atoms with Crippen molar-refractivity contribution in [2.75, 3.05) is 4.90 Å². The molecule has 0 aliphatic heterocycles. The fraction of sp³-hybridized carbons (Fsp3) is 0. The van der Waals surface area contributed by atoms with Gasteiger partial charge in [-0.1, -0.05) is 182 Å². The second-order valence-electron chi connectivity index (χ2n) is 14.8. The molecule has 0 atom stereocenters. The van der Waals surface area contributed by atoms with Crippen molar-refractivity contribution in [3.8, 4) is 44.5 Å². The highest BCUT2D eigenvalue weighted by atomic mass is 16.3. The molecular weight excluding hydrogens is 703 g/mol. The maximum absolute atomic E-state index is 6.47. The Morgan fingerprint density at radius 2 is 0.845 bits per heavy atom. The van der Waals surface area contributed by atoms with Crippen molar-refractivity contribution >= 4 is 60.5 Å². The fourth-order valence-electron chi connectivity index (χ4n) is 8.78. The van der Waals surface area contributed by atoms with Crippen molar-refractivity contribution in [1.29, 1.82) is 0 Å². The molecule has 0 bridgehead atoms. The van der Waals surface area contributed by atoms with E-state index in [1.807, 2.05) is 6.07 Å². The molecule has 0 aliphatic rings. The Morgan fingerprint density at radius 1 is 0.293 bits per heavy atom. The highest BCUT2D eigenvalue weighted by Gasteiger charge is 2.23. The molecule has 2 nitrogen and oxygen atoms in total. The van der Waals surface area contributed by atoms with Crippen molar-refractivity contribution in [2.45, 2.75) is 0 Å². The second-order valence-corrected chi connectivity index (χ2v) is 14.8. The van der Waals surface area contributed by atoms with Crippen LogP contribution in [0.3, 0.4) is 0 Å². The molecular formula is C56H37NO. The van der Waals surface area contributed by atoms with Gasteiger partial charge in [0.15, 0.2) is 0 Å². The number of hydrogen-bond acceptors (Lipinski definition) is 2. The number of benzene rings is 10. The molecule has 1 heterocycles. The summed E-state index contributed by atoms with van der Waals surface area (Å²) in [5, 5.41) is 7.22. The van der Waals surface area contributed by atoms with Crippen LogP contribution in [0.25, 0.3) is 88.0 Å². The van der Waals surface area contributed by atoms with Gasteiger partial charge in [-0.2, -0.15) is 0 Å². The molecule has 0 N–H and O–H groups in total. The first-order chi connectivity index (χ1) is 28.8. The summed E-state index contributed by atoms with van der Waals surface area (Å²) in [4.78, 5) is 2.41. The third-order valence-corrected chi connectivity index (χ3v) is 11.5. The van der Waals surface area contributed by atoms with Gasteiger partial charge in [0.2, 0.25) is 0 Å². The van der Waals surface area contributed by atoms with Gasteiger partial charge in [0.1, 0.15) is 11.2 Å². The lowest BCUT2D eigenvalue weighted by atomic mass is 9.88. The lowest BCUT2D eigenvalue weighted by Crippen LogP contribution is -2.11. The third kappa shape index (κ3) is 5.74. The van der Waals surface area contributed by atoms with Crippen LogP contribution in [-0.2, 0) is 0 Å². The van der Waals surface area contributed by atoms with Crippen LogP contribution in [0.15, 0.2) is 229 Å². The highest BCUT2D eigenvalue weighted by molar-refractivity contribution is 6.14. The van der Waals surface area contributed by atoms with Crippen LogP contribution in [0.4, 0.5) is 17.1 Å². The van der Waals surface area contributed by atoms with E-state index in [1.165, 1.54) is 54.9 Å². The minimum absolute atomic E-state index is 0.860. The minimum atomic E-state index is 0.860. The van der Waals surface area contributed by atoms with E-state index in [1.54, 1.807) is 0 Å². The number of anilines is 3. The summed E-state index contributed by atoms with van der Waals surface area (Å²) in [5.41, 5.74) is 14.4. The first kappa shape index (κ1) is 33.6. The van der Waals surface area contributed by atoms with Gasteiger partial charge >= 0.3 is 0 Å². The van der Waals surface area contributed by atoms with Crippen molar-refractivity contribution in [2.24, 2.45) is 0 Å². The van der Waals surface area contributed by atoms with Crippen molar-refractivity contribution < 1.29 is 4.42 Å². The molecule has 0 spiro atoms. The van der Waals surface area contributed by atoms with E-state index in [2.05, 4.69) is 223 Å². The first-order valence-corrected chi connectivity index (χ1v) is 19.8. The molecule has 0 saturated heterocycles. The van der Waals surface area contributed by atoms with Crippen LogP contribution in [0.1, 0.15) is 0 Å². The van der Waals surface area contributed by atoms with Crippen molar-refractivity contribution in [3.63, 3.8) is 0 Å². The maximum atomic E-state index is 6.47. The zero-order valence-corrected chi connectivity index (χ0v) is 31.7. The summed E-state index contributed by atoms with van der Waals surface area (Å²) < 4.78 is 6.47. The van der Waals surface area contributed by atoms with Crippen LogP contribution in [0.5, 0.6) is 0 Å². The molecule has 0 aliphatic carbocycles. The minimum Gasteiger partial charge on any atom is -0.456 e. The van der Waals surface area contributed by atoms with E-state index in [4.69, 9.17) is 4.42 Å². The monoisotopic (exact) mass is 739 g/mol. The van der Waals surface area contributed by atoms with Gasteiger partial charge in [-0.3, -0.25) is 0 Å². The molecule has 10 aromatic carbocycles. The summed E-state index contributed by atoms with van der Waals surface area (Å²) in [6, 6.07) is 80.7. The summed E-state index contributed by atoms with van der Waals surface area (Å²) in [6.07, 6.45) is 0. The molecule has 0 unspecified atom stereocenters. The lowest BCUT2D eigenvalue weighted by Gasteiger charge is -2.29. The van der Waals surface area contributed by atoms with E-state index in [-0.39, 0.29) is 0 Å². The predicted molar refractivity (Wildman–Crippen MR) is 245 cm³/mol. The van der Waals surface area contributed by atoms with E-state index in [0.717, 1.165) is 50.1 Å². The van der Waals surface area contributed by atoms with E-state index in [9.17, 15) is 0 Å². The average Bonchev–Trinajstić information content (AvgIpc) is 3.69. The molecule has 0 radical (unpaired) electrons. The molecule has 1 aromatic heterocycles. The van der Waals surface area contributed by atoms with Crippen LogP contribution >= 0.6 is 0 Å². The zero-order valence-electron chi connectivity index (χ0n) is 31.7. The Bertz CT molecular complexity index is 3290. The smallest absolute Gasteiger partial charge is 0.137 e. The van der Waals surface area contributed by atoms with E-state index >= 15 is 0 Å². The Kier molecular flexibility index (Phi) is 8.19. The summed E-state index contributed by atoms with van der Waals surface area (Å²) >= 11 is 0. The molecule has 272 valence electrons. The Morgan fingerprint density at radius 3 is 1.66 bits per heavy atom. The fourth-order valence-corrected chi connectivity index (χ4v) is 8.78. The summed E-state index contributed by atoms with van der Waals surface area (Å²) in [7, 11) is 0. The topological polar surface area (TPSA) is 16.4 Å². The Hall–Kier alpha value is -7.68. The summed E-state index contributed by atoms with van der Waals surface area (Å²) in [6.45, 7) is 0. The van der Waals surface area contributed by atoms with E-state index in [0.29, 0.717) is 0 Å². The van der Waals surface area contributed by atoms with E-state index < -0.39 is 0 Å². The van der Waals surface area contributed by atoms with Gasteiger partial charge < -0.3 is 9.32 Å². The molecule has 0 saturated carbocycles. The third-order valence-electron chi connectivity index (χ3n) is 11.5. The molecule has 0 fully saturated rings. The highest BCUT2D eigenvalue weighted by Crippen LogP contribution is 2.48. The predicted octanol–water partition coefficient (Wildman–Crippen LogP) is 16.0. The van der Waals surface area contributed by atoms with Crippen molar-refractivity contribution in [3.05, 3.63) is 224 Å². The van der Waals surface area contributed by atoms with Gasteiger partial charge in [-0.25, -0.2) is 0 Å². The number of rotatable bonds is 7. The normalized spacial score (nSPS) is 11.4. The van der Waals surface area contributed by atoms with Gasteiger partial charge in [-0.05, 0) is 103 Å². The van der Waals surface area contributed by atoms with Gasteiger partial charge in [0, 0.05) is 16.6 Å². The van der Waals surface area contributed by atoms with Crippen LogP contribution in [-0.4, -0.2) is 0 Å². The van der Waals surface area contributed by atoms with Crippen LogP contribution < -0.4 is 4.90 Å². The maximum Gasteiger partial charge on any atom is 0.137 e. The van der Waals surface area contributed by atoms with Gasteiger partial charge in [-0.15, -0.1) is 0 Å². The molecule has 11 aromatic rings. The van der Waals surface area contributed by atoms with Crippen molar-refractivity contribution in [1.82, 2.24) is 0 Å². The largest absolute Gasteiger partial charge is 0.456 e. The standard InChI is InChI=1S/C56H37NO/c1-2-15-39(16-3-1)45-19-6-7-20-47(45)48-21-8-9-22-49(48)50-23-10-12-25-52(50)57(53-26-14-28-55-56(53)51-24-11-13-27-54(51)58-55)43-34-31-38(32-35-43)41-33-36-46-42(37-41)30-29-40-17-4-5-18-44(40)46/h1-37H. The SMILES string of the molecule is c1ccc(-c2ccccc2-c2ccccc2-c2ccccc2N(c2ccc(-c3ccc4c(ccc5ccccc54)c3)cc2)c2cccc3oc4ccccc4c23)cc1.